The van der Waals surface area contributed by atoms with Crippen LogP contribution in [0.2, 0.25) is 0 Å². The second kappa shape index (κ2) is 2.87. The topological polar surface area (TPSA) is 20.2 Å². The quantitative estimate of drug-likeness (QED) is 0.675. The molecule has 0 bridgehead atoms. The Morgan fingerprint density at radius 2 is 1.42 bits per heavy atom. The highest BCUT2D eigenvalue weighted by molar-refractivity contribution is 4.89. The molecule has 0 aliphatic carbocycles. The Morgan fingerprint density at radius 3 is 1.50 bits per heavy atom. The molecule has 0 aliphatic rings. The molecule has 0 aromatic heterocycles. The third-order valence-electron chi connectivity index (χ3n) is 2.11. The van der Waals surface area contributed by atoms with Crippen LogP contribution in [0.5, 0.6) is 0 Å². The van der Waals surface area contributed by atoms with Gasteiger partial charge in [0.25, 0.3) is 0 Å². The molecule has 0 heterocycles. The largest absolute Gasteiger partial charge is 0.417 e. The van der Waals surface area contributed by atoms with Crippen molar-refractivity contribution in [2.24, 2.45) is 5.41 Å². The van der Waals surface area contributed by atoms with Crippen LogP contribution in [0.3, 0.4) is 0 Å². The zero-order valence-electron chi connectivity index (χ0n) is 7.17. The van der Waals surface area contributed by atoms with Gasteiger partial charge in [-0.05, 0) is 6.42 Å². The van der Waals surface area contributed by atoms with Gasteiger partial charge in [-0.2, -0.15) is 17.6 Å². The molecular weight excluding hydrogens is 176 g/mol. The second-order valence-electron chi connectivity index (χ2n) is 3.35. The van der Waals surface area contributed by atoms with Gasteiger partial charge in [0, 0.05) is 5.41 Å². The van der Waals surface area contributed by atoms with Gasteiger partial charge in [0.2, 0.25) is 0 Å². The van der Waals surface area contributed by atoms with Crippen LogP contribution in [0.1, 0.15) is 27.2 Å². The van der Waals surface area contributed by atoms with Gasteiger partial charge in [-0.25, -0.2) is 0 Å². The molecule has 0 radical (unpaired) electrons. The molecular formula is C7H12F4O. The molecule has 0 rings (SSSR count). The first-order valence-electron chi connectivity index (χ1n) is 3.54. The summed E-state index contributed by atoms with van der Waals surface area (Å²) in [5.74, 6) is -4.39. The molecule has 1 nitrogen and oxygen atoms in total. The molecule has 0 saturated heterocycles. The molecule has 0 atom stereocenters. The Kier molecular flexibility index (Phi) is 2.79. The smallest absolute Gasteiger partial charge is 0.332 e. The van der Waals surface area contributed by atoms with Gasteiger partial charge < -0.3 is 5.11 Å². The van der Waals surface area contributed by atoms with E-state index in [1.54, 1.807) is 0 Å². The van der Waals surface area contributed by atoms with Gasteiger partial charge in [-0.3, -0.25) is 0 Å². The van der Waals surface area contributed by atoms with Crippen molar-refractivity contribution in [1.29, 1.82) is 0 Å². The van der Waals surface area contributed by atoms with Crippen LogP contribution in [0, 0.1) is 5.41 Å². The van der Waals surface area contributed by atoms with E-state index in [-0.39, 0.29) is 6.42 Å². The number of halogens is 4. The SMILES string of the molecule is CCC(C)(C)C(F)(F)C(O)(F)F. The maximum atomic E-state index is 12.7. The van der Waals surface area contributed by atoms with E-state index in [9.17, 15) is 17.6 Å². The Morgan fingerprint density at radius 1 is 1.08 bits per heavy atom. The van der Waals surface area contributed by atoms with Crippen molar-refractivity contribution in [2.45, 2.75) is 39.2 Å². The normalized spacial score (nSPS) is 15.0. The summed E-state index contributed by atoms with van der Waals surface area (Å²) in [6, 6.07) is 0. The first-order chi connectivity index (χ1) is 5.06. The number of aliphatic hydroxyl groups is 1. The molecule has 12 heavy (non-hydrogen) atoms. The zero-order chi connectivity index (χ0) is 10.2. The summed E-state index contributed by atoms with van der Waals surface area (Å²) < 4.78 is 49.4. The lowest BCUT2D eigenvalue weighted by Crippen LogP contribution is -2.51. The molecule has 0 spiro atoms. The van der Waals surface area contributed by atoms with Crippen LogP contribution < -0.4 is 0 Å². The minimum atomic E-state index is -4.95. The van der Waals surface area contributed by atoms with Crippen molar-refractivity contribution in [3.05, 3.63) is 0 Å². The summed E-state index contributed by atoms with van der Waals surface area (Å²) in [6.07, 6.45) is -5.09. The van der Waals surface area contributed by atoms with E-state index in [0.717, 1.165) is 13.8 Å². The zero-order valence-corrected chi connectivity index (χ0v) is 7.17. The lowest BCUT2D eigenvalue weighted by Gasteiger charge is -2.35. The molecule has 74 valence electrons. The highest BCUT2D eigenvalue weighted by Gasteiger charge is 2.63. The highest BCUT2D eigenvalue weighted by atomic mass is 19.3. The van der Waals surface area contributed by atoms with Crippen molar-refractivity contribution in [1.82, 2.24) is 0 Å². The van der Waals surface area contributed by atoms with Crippen molar-refractivity contribution in [3.63, 3.8) is 0 Å². The van der Waals surface area contributed by atoms with Gasteiger partial charge in [-0.1, -0.05) is 20.8 Å². The number of hydrogen-bond donors (Lipinski definition) is 1. The van der Waals surface area contributed by atoms with E-state index >= 15 is 0 Å². The van der Waals surface area contributed by atoms with E-state index in [4.69, 9.17) is 5.11 Å². The van der Waals surface area contributed by atoms with Crippen LogP contribution in [0.25, 0.3) is 0 Å². The number of rotatable bonds is 3. The average Bonchev–Trinajstić information content (AvgIpc) is 1.85. The minimum absolute atomic E-state index is 0.143. The van der Waals surface area contributed by atoms with E-state index in [1.807, 2.05) is 0 Å². The van der Waals surface area contributed by atoms with Crippen LogP contribution in [-0.2, 0) is 0 Å². The third kappa shape index (κ3) is 1.71. The summed E-state index contributed by atoms with van der Waals surface area (Å²) in [7, 11) is 0. The van der Waals surface area contributed by atoms with Crippen LogP contribution in [0.15, 0.2) is 0 Å². The van der Waals surface area contributed by atoms with Gasteiger partial charge in [0.15, 0.2) is 0 Å². The molecule has 0 aliphatic heterocycles. The maximum Gasteiger partial charge on any atom is 0.417 e. The second-order valence-corrected chi connectivity index (χ2v) is 3.35. The molecule has 0 unspecified atom stereocenters. The van der Waals surface area contributed by atoms with Gasteiger partial charge in [-0.15, -0.1) is 0 Å². The molecule has 0 aromatic rings. The van der Waals surface area contributed by atoms with Gasteiger partial charge in [0.05, 0.1) is 0 Å². The fraction of sp³-hybridized carbons (Fsp3) is 1.00. The predicted molar refractivity (Wildman–Crippen MR) is 36.2 cm³/mol. The van der Waals surface area contributed by atoms with Gasteiger partial charge >= 0.3 is 12.0 Å². The van der Waals surface area contributed by atoms with E-state index < -0.39 is 17.4 Å². The van der Waals surface area contributed by atoms with Crippen molar-refractivity contribution >= 4 is 0 Å². The lowest BCUT2D eigenvalue weighted by atomic mass is 9.82. The summed E-state index contributed by atoms with van der Waals surface area (Å²) in [5.41, 5.74) is -1.91. The maximum absolute atomic E-state index is 12.7. The van der Waals surface area contributed by atoms with Crippen LogP contribution in [-0.4, -0.2) is 17.1 Å². The average molecular weight is 188 g/mol. The third-order valence-corrected chi connectivity index (χ3v) is 2.11. The van der Waals surface area contributed by atoms with Crippen LogP contribution >= 0.6 is 0 Å². The fourth-order valence-electron chi connectivity index (χ4n) is 0.629. The number of hydrogen-bond acceptors (Lipinski definition) is 1. The summed E-state index contributed by atoms with van der Waals surface area (Å²) in [5, 5.41) is 7.93. The predicted octanol–water partition coefficient (Wildman–Crippen LogP) is 2.64. The first kappa shape index (κ1) is 11.7. The fourth-order valence-corrected chi connectivity index (χ4v) is 0.629. The summed E-state index contributed by atoms with van der Waals surface area (Å²) >= 11 is 0. The highest BCUT2D eigenvalue weighted by Crippen LogP contribution is 2.47. The lowest BCUT2D eigenvalue weighted by molar-refractivity contribution is -0.357. The molecule has 0 amide bonds. The van der Waals surface area contributed by atoms with E-state index in [1.165, 1.54) is 6.92 Å². The minimum Gasteiger partial charge on any atom is -0.332 e. The molecule has 5 heteroatoms. The molecule has 1 N–H and O–H groups in total. The van der Waals surface area contributed by atoms with Crippen molar-refractivity contribution < 1.29 is 22.7 Å². The Labute approximate surface area is 68.4 Å². The Hall–Kier alpha value is -0.320. The summed E-state index contributed by atoms with van der Waals surface area (Å²) in [4.78, 5) is 0. The van der Waals surface area contributed by atoms with Crippen LogP contribution in [0.4, 0.5) is 17.6 Å². The summed E-state index contributed by atoms with van der Waals surface area (Å²) in [6.45, 7) is 3.33. The molecule has 0 saturated carbocycles. The van der Waals surface area contributed by atoms with Gasteiger partial charge in [0.1, 0.15) is 0 Å². The van der Waals surface area contributed by atoms with E-state index in [2.05, 4.69) is 0 Å². The van der Waals surface area contributed by atoms with E-state index in [0.29, 0.717) is 0 Å². The standard InChI is InChI=1S/C7H12F4O/c1-4-5(2,3)6(8,9)7(10,11)12/h12H,4H2,1-3H3. The monoisotopic (exact) mass is 188 g/mol. The molecule has 0 fully saturated rings. The van der Waals surface area contributed by atoms with Crippen molar-refractivity contribution in [3.8, 4) is 0 Å². The van der Waals surface area contributed by atoms with Crippen molar-refractivity contribution in [2.75, 3.05) is 0 Å². The Balaban J connectivity index is 4.85. The molecule has 0 aromatic carbocycles. The first-order valence-corrected chi connectivity index (χ1v) is 3.54. The number of alkyl halides is 4. The Bertz CT molecular complexity index is 159.